The number of amides is 1. The van der Waals surface area contributed by atoms with Crippen LogP contribution in [0, 0.1) is 6.92 Å². The Kier molecular flexibility index (Phi) is 8.27. The van der Waals surface area contributed by atoms with E-state index in [2.05, 4.69) is 0 Å². The second kappa shape index (κ2) is 11.0. The zero-order chi connectivity index (χ0) is 25.8. The van der Waals surface area contributed by atoms with E-state index >= 15 is 0 Å². The molecule has 3 atom stereocenters. The van der Waals surface area contributed by atoms with E-state index in [1.54, 1.807) is 11.0 Å². The lowest BCUT2D eigenvalue weighted by atomic mass is 10.0. The molecule has 0 saturated heterocycles. The highest BCUT2D eigenvalue weighted by Crippen LogP contribution is 2.33. The van der Waals surface area contributed by atoms with Gasteiger partial charge in [-0.15, -0.1) is 0 Å². The lowest BCUT2D eigenvalue weighted by Crippen LogP contribution is -2.45. The minimum Gasteiger partial charge on any atom is -0.485 e. The third-order valence-corrected chi connectivity index (χ3v) is 5.62. The normalized spacial score (nSPS) is 16.7. The fourth-order valence-corrected chi connectivity index (χ4v) is 3.87. The molecule has 0 aliphatic carbocycles. The van der Waals surface area contributed by atoms with Gasteiger partial charge in [-0.1, -0.05) is 35.9 Å². The van der Waals surface area contributed by atoms with Crippen molar-refractivity contribution in [3.63, 3.8) is 0 Å². The van der Waals surface area contributed by atoms with E-state index in [1.807, 2.05) is 71.0 Å². The largest absolute Gasteiger partial charge is 0.485 e. The van der Waals surface area contributed by atoms with Crippen molar-refractivity contribution in [3.8, 4) is 11.5 Å². The van der Waals surface area contributed by atoms with Gasteiger partial charge in [0.25, 0.3) is 0 Å². The standard InChI is InChI=1S/C27H35NO7/c1-17-8-7-9-20(12-17)21(29)15-28(26(31)35-27(3,4)5)18(2)13-19-10-11-22-23(14-19)33-16-24(34-22)25(30)32-6/h7-12,14,18,21,24,29H,13,15-16H2,1-6H3/t18-,21+,24-/m1/s1. The highest BCUT2D eigenvalue weighted by atomic mass is 16.6. The van der Waals surface area contributed by atoms with Crippen molar-refractivity contribution in [1.29, 1.82) is 0 Å². The Morgan fingerprint density at radius 3 is 2.57 bits per heavy atom. The van der Waals surface area contributed by atoms with Crippen LogP contribution in [-0.4, -0.2) is 60.1 Å². The average Bonchev–Trinajstić information content (AvgIpc) is 2.80. The van der Waals surface area contributed by atoms with Crippen LogP contribution in [0.4, 0.5) is 4.79 Å². The maximum atomic E-state index is 13.1. The Morgan fingerprint density at radius 1 is 1.17 bits per heavy atom. The highest BCUT2D eigenvalue weighted by Gasteiger charge is 2.30. The molecule has 0 bridgehead atoms. The summed E-state index contributed by atoms with van der Waals surface area (Å²) >= 11 is 0. The first-order chi connectivity index (χ1) is 16.5. The summed E-state index contributed by atoms with van der Waals surface area (Å²) in [5.74, 6) is 0.494. The molecule has 1 heterocycles. The van der Waals surface area contributed by atoms with Crippen LogP contribution in [0.25, 0.3) is 0 Å². The quantitative estimate of drug-likeness (QED) is 0.587. The number of hydrogen-bond donors (Lipinski definition) is 1. The van der Waals surface area contributed by atoms with E-state index in [1.165, 1.54) is 7.11 Å². The molecule has 3 rings (SSSR count). The molecule has 1 aliphatic rings. The number of esters is 1. The summed E-state index contributed by atoms with van der Waals surface area (Å²) in [5, 5.41) is 10.9. The molecule has 0 aromatic heterocycles. The van der Waals surface area contributed by atoms with Crippen molar-refractivity contribution in [2.75, 3.05) is 20.3 Å². The van der Waals surface area contributed by atoms with Gasteiger partial charge in [-0.2, -0.15) is 0 Å². The molecule has 1 aliphatic heterocycles. The lowest BCUT2D eigenvalue weighted by Gasteiger charge is -2.33. The summed E-state index contributed by atoms with van der Waals surface area (Å²) in [4.78, 5) is 26.4. The van der Waals surface area contributed by atoms with E-state index in [4.69, 9.17) is 18.9 Å². The molecule has 8 heteroatoms. The van der Waals surface area contributed by atoms with Gasteiger partial charge in [0.15, 0.2) is 11.5 Å². The summed E-state index contributed by atoms with van der Waals surface area (Å²) < 4.78 is 21.8. The van der Waals surface area contributed by atoms with Gasteiger partial charge in [-0.05, 0) is 64.3 Å². The van der Waals surface area contributed by atoms with Crippen LogP contribution in [0.1, 0.15) is 50.5 Å². The van der Waals surface area contributed by atoms with E-state index in [0.717, 1.165) is 16.7 Å². The molecular weight excluding hydrogens is 450 g/mol. The molecule has 0 unspecified atom stereocenters. The Balaban J connectivity index is 1.76. The second-order valence-electron chi connectivity index (χ2n) is 9.84. The monoisotopic (exact) mass is 485 g/mol. The van der Waals surface area contributed by atoms with Gasteiger partial charge in [0.1, 0.15) is 12.2 Å². The van der Waals surface area contributed by atoms with Crippen molar-refractivity contribution in [2.45, 2.75) is 64.9 Å². The molecule has 35 heavy (non-hydrogen) atoms. The van der Waals surface area contributed by atoms with Crippen molar-refractivity contribution in [2.24, 2.45) is 0 Å². The first-order valence-corrected chi connectivity index (χ1v) is 11.7. The van der Waals surface area contributed by atoms with Crippen LogP contribution in [0.15, 0.2) is 42.5 Å². The van der Waals surface area contributed by atoms with Crippen molar-refractivity contribution < 1.29 is 33.6 Å². The zero-order valence-corrected chi connectivity index (χ0v) is 21.2. The van der Waals surface area contributed by atoms with Crippen molar-refractivity contribution in [3.05, 3.63) is 59.2 Å². The van der Waals surface area contributed by atoms with Crippen molar-refractivity contribution >= 4 is 12.1 Å². The number of fused-ring (bicyclic) bond motifs is 1. The number of hydrogen-bond acceptors (Lipinski definition) is 7. The predicted octanol–water partition coefficient (Wildman–Crippen LogP) is 4.21. The number of aliphatic hydroxyl groups excluding tert-OH is 1. The maximum absolute atomic E-state index is 13.1. The fraction of sp³-hybridized carbons (Fsp3) is 0.481. The molecule has 1 amide bonds. The number of rotatable bonds is 7. The number of nitrogens with zero attached hydrogens (tertiary/aromatic N) is 1. The summed E-state index contributed by atoms with van der Waals surface area (Å²) in [6.07, 6.45) is -1.66. The molecule has 0 saturated carbocycles. The Hall–Kier alpha value is -3.26. The van der Waals surface area contributed by atoms with Gasteiger partial charge in [0, 0.05) is 6.04 Å². The summed E-state index contributed by atoms with van der Waals surface area (Å²) in [6.45, 7) is 9.46. The first kappa shape index (κ1) is 26.3. The number of methoxy groups -OCH3 is 1. The summed E-state index contributed by atoms with van der Waals surface area (Å²) in [5.41, 5.74) is 2.01. The van der Waals surface area contributed by atoms with Crippen LogP contribution < -0.4 is 9.47 Å². The maximum Gasteiger partial charge on any atom is 0.410 e. The zero-order valence-electron chi connectivity index (χ0n) is 21.2. The molecule has 0 radical (unpaired) electrons. The molecule has 2 aromatic carbocycles. The Bertz CT molecular complexity index is 1050. The molecule has 8 nitrogen and oxygen atoms in total. The molecule has 1 N–H and O–H groups in total. The summed E-state index contributed by atoms with van der Waals surface area (Å²) in [7, 11) is 1.30. The number of aliphatic hydroxyl groups is 1. The first-order valence-electron chi connectivity index (χ1n) is 11.7. The number of ether oxygens (including phenoxy) is 4. The van der Waals surface area contributed by atoms with Crippen LogP contribution in [0.5, 0.6) is 11.5 Å². The van der Waals surface area contributed by atoms with Crippen molar-refractivity contribution in [1.82, 2.24) is 4.90 Å². The smallest absolute Gasteiger partial charge is 0.410 e. The third-order valence-electron chi connectivity index (χ3n) is 5.62. The van der Waals surface area contributed by atoms with Crippen LogP contribution in [0.2, 0.25) is 0 Å². The topological polar surface area (TPSA) is 94.5 Å². The SMILES string of the molecule is COC(=O)[C@H]1COc2cc(C[C@@H](C)N(C[C@H](O)c3cccc(C)c3)C(=O)OC(C)(C)C)ccc2O1. The number of benzene rings is 2. The molecule has 0 spiro atoms. The number of carbonyl (C=O) groups is 2. The molecule has 0 fully saturated rings. The number of carbonyl (C=O) groups excluding carboxylic acids is 2. The Labute approximate surface area is 206 Å². The van der Waals surface area contributed by atoms with Gasteiger partial charge in [-0.25, -0.2) is 9.59 Å². The van der Waals surface area contributed by atoms with Gasteiger partial charge in [0.2, 0.25) is 6.10 Å². The molecule has 190 valence electrons. The van der Waals surface area contributed by atoms with Crippen LogP contribution in [-0.2, 0) is 20.7 Å². The highest BCUT2D eigenvalue weighted by molar-refractivity contribution is 5.75. The fourth-order valence-electron chi connectivity index (χ4n) is 3.87. The second-order valence-corrected chi connectivity index (χ2v) is 9.84. The molecule has 2 aromatic rings. The minimum absolute atomic E-state index is 0.0609. The van der Waals surface area contributed by atoms with Gasteiger partial charge in [-0.3, -0.25) is 0 Å². The van der Waals surface area contributed by atoms with E-state index < -0.39 is 29.9 Å². The number of aryl methyl sites for hydroxylation is 1. The van der Waals surface area contributed by atoms with E-state index in [0.29, 0.717) is 17.9 Å². The van der Waals surface area contributed by atoms with Gasteiger partial charge >= 0.3 is 12.1 Å². The predicted molar refractivity (Wildman–Crippen MR) is 131 cm³/mol. The van der Waals surface area contributed by atoms with Gasteiger partial charge in [0.05, 0.1) is 19.8 Å². The van der Waals surface area contributed by atoms with E-state index in [-0.39, 0.29) is 19.2 Å². The van der Waals surface area contributed by atoms with E-state index in [9.17, 15) is 14.7 Å². The average molecular weight is 486 g/mol. The third kappa shape index (κ3) is 7.11. The molecular formula is C27H35NO7. The summed E-state index contributed by atoms with van der Waals surface area (Å²) in [6, 6.07) is 12.8. The minimum atomic E-state index is -0.861. The Morgan fingerprint density at radius 2 is 1.91 bits per heavy atom. The lowest BCUT2D eigenvalue weighted by molar-refractivity contribution is -0.151. The van der Waals surface area contributed by atoms with Crippen LogP contribution in [0.3, 0.4) is 0 Å². The van der Waals surface area contributed by atoms with Crippen LogP contribution >= 0.6 is 0 Å². The van der Waals surface area contributed by atoms with Gasteiger partial charge < -0.3 is 29.0 Å².